The highest BCUT2D eigenvalue weighted by Gasteiger charge is 2.36. The van der Waals surface area contributed by atoms with E-state index in [0.29, 0.717) is 18.9 Å². The van der Waals surface area contributed by atoms with Crippen molar-refractivity contribution >= 4 is 17.7 Å². The molecule has 1 heterocycles. The van der Waals surface area contributed by atoms with Crippen molar-refractivity contribution in [1.82, 2.24) is 4.90 Å². The molecule has 0 radical (unpaired) electrons. The standard InChI is InChI=1S/C19H21NO4S/c1-22-15-9-6-10-16(23-2)18(15)19-20(17(21)13-25-19)11-12-24-14-7-4-3-5-8-14/h3-10,19H,11-13H2,1-2H3. The number of hydrogen-bond donors (Lipinski definition) is 0. The molecular weight excluding hydrogens is 338 g/mol. The van der Waals surface area contributed by atoms with Crippen LogP contribution < -0.4 is 14.2 Å². The minimum absolute atomic E-state index is 0.0969. The van der Waals surface area contributed by atoms with E-state index in [1.54, 1.807) is 26.0 Å². The lowest BCUT2D eigenvalue weighted by molar-refractivity contribution is -0.128. The van der Waals surface area contributed by atoms with E-state index in [1.807, 2.05) is 53.4 Å². The predicted octanol–water partition coefficient (Wildman–Crippen LogP) is 3.36. The van der Waals surface area contributed by atoms with Gasteiger partial charge in [-0.3, -0.25) is 4.79 Å². The van der Waals surface area contributed by atoms with Crippen LogP contribution in [0, 0.1) is 0 Å². The van der Waals surface area contributed by atoms with Gasteiger partial charge in [0.05, 0.1) is 32.1 Å². The Balaban J connectivity index is 1.76. The molecule has 1 unspecified atom stereocenters. The van der Waals surface area contributed by atoms with Gasteiger partial charge in [-0.25, -0.2) is 0 Å². The molecule has 0 aliphatic carbocycles. The van der Waals surface area contributed by atoms with Crippen LogP contribution in [-0.4, -0.2) is 43.9 Å². The number of carbonyl (C=O) groups is 1. The fraction of sp³-hybridized carbons (Fsp3) is 0.316. The molecule has 132 valence electrons. The van der Waals surface area contributed by atoms with Gasteiger partial charge in [0.2, 0.25) is 5.91 Å². The molecular formula is C19H21NO4S. The van der Waals surface area contributed by atoms with Crippen LogP contribution in [0.3, 0.4) is 0 Å². The van der Waals surface area contributed by atoms with Gasteiger partial charge < -0.3 is 19.1 Å². The van der Waals surface area contributed by atoms with Crippen molar-refractivity contribution in [2.45, 2.75) is 5.37 Å². The number of hydrogen-bond acceptors (Lipinski definition) is 5. The average Bonchev–Trinajstić information content (AvgIpc) is 3.02. The van der Waals surface area contributed by atoms with Crippen molar-refractivity contribution < 1.29 is 19.0 Å². The molecule has 1 fully saturated rings. The van der Waals surface area contributed by atoms with E-state index < -0.39 is 0 Å². The zero-order chi connectivity index (χ0) is 17.6. The second-order valence-corrected chi connectivity index (χ2v) is 6.56. The summed E-state index contributed by atoms with van der Waals surface area (Å²) < 4.78 is 16.7. The Labute approximate surface area is 151 Å². The number of methoxy groups -OCH3 is 2. The van der Waals surface area contributed by atoms with Crippen LogP contribution in [0.15, 0.2) is 48.5 Å². The first-order valence-electron chi connectivity index (χ1n) is 8.04. The first-order valence-corrected chi connectivity index (χ1v) is 9.09. The van der Waals surface area contributed by atoms with Crippen LogP contribution in [-0.2, 0) is 4.79 Å². The van der Waals surface area contributed by atoms with Gasteiger partial charge in [-0.15, -0.1) is 11.8 Å². The predicted molar refractivity (Wildman–Crippen MR) is 98.4 cm³/mol. The summed E-state index contributed by atoms with van der Waals surface area (Å²) in [6, 6.07) is 15.3. The smallest absolute Gasteiger partial charge is 0.233 e. The maximum atomic E-state index is 12.4. The van der Waals surface area contributed by atoms with Crippen molar-refractivity contribution in [3.63, 3.8) is 0 Å². The van der Waals surface area contributed by atoms with E-state index in [-0.39, 0.29) is 11.3 Å². The lowest BCUT2D eigenvalue weighted by atomic mass is 10.1. The number of rotatable bonds is 7. The topological polar surface area (TPSA) is 48.0 Å². The number of nitrogens with zero attached hydrogens (tertiary/aromatic N) is 1. The zero-order valence-corrected chi connectivity index (χ0v) is 15.1. The van der Waals surface area contributed by atoms with E-state index in [2.05, 4.69) is 0 Å². The van der Waals surface area contributed by atoms with Crippen LogP contribution in [0.2, 0.25) is 0 Å². The molecule has 0 bridgehead atoms. The summed E-state index contributed by atoms with van der Waals surface area (Å²) in [4.78, 5) is 14.2. The Morgan fingerprint density at radius 3 is 2.36 bits per heavy atom. The number of para-hydroxylation sites is 1. The van der Waals surface area contributed by atoms with Crippen molar-refractivity contribution in [3.05, 3.63) is 54.1 Å². The van der Waals surface area contributed by atoms with Crippen molar-refractivity contribution in [2.24, 2.45) is 0 Å². The monoisotopic (exact) mass is 359 g/mol. The molecule has 2 aromatic rings. The summed E-state index contributed by atoms with van der Waals surface area (Å²) >= 11 is 1.58. The Bertz CT molecular complexity index is 700. The first-order chi connectivity index (χ1) is 12.2. The van der Waals surface area contributed by atoms with E-state index >= 15 is 0 Å². The molecule has 6 heteroatoms. The number of benzene rings is 2. The normalized spacial score (nSPS) is 16.8. The maximum absolute atomic E-state index is 12.4. The van der Waals surface area contributed by atoms with Gasteiger partial charge in [0.15, 0.2) is 0 Å². The first kappa shape index (κ1) is 17.5. The number of amides is 1. The summed E-state index contributed by atoms with van der Waals surface area (Å²) in [6.07, 6.45) is 0. The number of ether oxygens (including phenoxy) is 3. The Kier molecular flexibility index (Phi) is 5.71. The quantitative estimate of drug-likeness (QED) is 0.759. The van der Waals surface area contributed by atoms with Gasteiger partial charge >= 0.3 is 0 Å². The number of carbonyl (C=O) groups excluding carboxylic acids is 1. The largest absolute Gasteiger partial charge is 0.496 e. The molecule has 0 spiro atoms. The minimum atomic E-state index is -0.141. The lowest BCUT2D eigenvalue weighted by Crippen LogP contribution is -2.32. The van der Waals surface area contributed by atoms with E-state index in [0.717, 1.165) is 22.8 Å². The summed E-state index contributed by atoms with van der Waals surface area (Å²) in [5.41, 5.74) is 0.892. The SMILES string of the molecule is COc1cccc(OC)c1C1SCC(=O)N1CCOc1ccccc1. The zero-order valence-electron chi connectivity index (χ0n) is 14.3. The molecule has 0 saturated carbocycles. The summed E-state index contributed by atoms with van der Waals surface area (Å²) in [5.74, 6) is 2.78. The molecule has 25 heavy (non-hydrogen) atoms. The third-order valence-corrected chi connectivity index (χ3v) is 5.24. The summed E-state index contributed by atoms with van der Waals surface area (Å²) in [6.45, 7) is 0.941. The van der Waals surface area contributed by atoms with Crippen molar-refractivity contribution in [3.8, 4) is 17.2 Å². The fourth-order valence-electron chi connectivity index (χ4n) is 2.84. The average molecular weight is 359 g/mol. The minimum Gasteiger partial charge on any atom is -0.496 e. The van der Waals surface area contributed by atoms with Crippen LogP contribution in [0.25, 0.3) is 0 Å². The van der Waals surface area contributed by atoms with Crippen LogP contribution in [0.1, 0.15) is 10.9 Å². The molecule has 5 nitrogen and oxygen atoms in total. The van der Waals surface area contributed by atoms with Gasteiger partial charge in [-0.1, -0.05) is 24.3 Å². The van der Waals surface area contributed by atoms with E-state index in [1.165, 1.54) is 0 Å². The highest BCUT2D eigenvalue weighted by Crippen LogP contribution is 2.46. The van der Waals surface area contributed by atoms with Gasteiger partial charge in [0.1, 0.15) is 29.2 Å². The Morgan fingerprint density at radius 2 is 1.72 bits per heavy atom. The highest BCUT2D eigenvalue weighted by molar-refractivity contribution is 8.00. The summed E-state index contributed by atoms with van der Waals surface area (Å²) in [5, 5.41) is -0.141. The molecule has 2 aromatic carbocycles. The Morgan fingerprint density at radius 1 is 1.04 bits per heavy atom. The Hall–Kier alpha value is -2.34. The van der Waals surface area contributed by atoms with E-state index in [4.69, 9.17) is 14.2 Å². The molecule has 1 aliphatic rings. The van der Waals surface area contributed by atoms with Gasteiger partial charge in [0, 0.05) is 0 Å². The van der Waals surface area contributed by atoms with E-state index in [9.17, 15) is 4.79 Å². The molecule has 1 saturated heterocycles. The van der Waals surface area contributed by atoms with Crippen LogP contribution in [0.4, 0.5) is 0 Å². The van der Waals surface area contributed by atoms with Crippen molar-refractivity contribution in [2.75, 3.05) is 33.1 Å². The molecule has 0 N–H and O–H groups in total. The molecule has 0 aromatic heterocycles. The fourth-order valence-corrected chi connectivity index (χ4v) is 4.11. The van der Waals surface area contributed by atoms with Gasteiger partial charge in [-0.2, -0.15) is 0 Å². The lowest BCUT2D eigenvalue weighted by Gasteiger charge is -2.26. The third-order valence-electron chi connectivity index (χ3n) is 4.03. The highest BCUT2D eigenvalue weighted by atomic mass is 32.2. The third kappa shape index (κ3) is 3.85. The second kappa shape index (κ2) is 8.16. The van der Waals surface area contributed by atoms with Crippen molar-refractivity contribution in [1.29, 1.82) is 0 Å². The summed E-state index contributed by atoms with van der Waals surface area (Å²) in [7, 11) is 3.26. The molecule has 3 rings (SSSR count). The second-order valence-electron chi connectivity index (χ2n) is 5.49. The van der Waals surface area contributed by atoms with Crippen LogP contribution >= 0.6 is 11.8 Å². The number of thioether (sulfide) groups is 1. The van der Waals surface area contributed by atoms with Crippen LogP contribution in [0.5, 0.6) is 17.2 Å². The molecule has 1 atom stereocenters. The maximum Gasteiger partial charge on any atom is 0.233 e. The van der Waals surface area contributed by atoms with Gasteiger partial charge in [-0.05, 0) is 24.3 Å². The molecule has 1 aliphatic heterocycles. The molecule has 1 amide bonds. The van der Waals surface area contributed by atoms with Gasteiger partial charge in [0.25, 0.3) is 0 Å².